The number of ether oxygens (including phenoxy) is 3. The molecule has 1 aliphatic carbocycles. The molecule has 10 heteroatoms. The van der Waals surface area contributed by atoms with Crippen LogP contribution in [-0.4, -0.2) is 39.8 Å². The number of hydrogen-bond acceptors (Lipinski definition) is 7. The fraction of sp³-hybridized carbons (Fsp3) is 0.179. The molecule has 1 aromatic heterocycles. The van der Waals surface area contributed by atoms with E-state index in [1.165, 1.54) is 12.1 Å². The minimum atomic E-state index is -1.11. The van der Waals surface area contributed by atoms with Crippen molar-refractivity contribution in [2.24, 2.45) is 0 Å². The van der Waals surface area contributed by atoms with Crippen LogP contribution in [0.4, 0.5) is 0 Å². The number of nitrogens with zero attached hydrogens (tertiary/aromatic N) is 1. The van der Waals surface area contributed by atoms with Gasteiger partial charge in [0.05, 0.1) is 30.9 Å². The van der Waals surface area contributed by atoms with Crippen molar-refractivity contribution in [3.8, 4) is 11.5 Å². The smallest absolute Gasteiger partial charge is 0.338 e. The molecule has 6 rings (SSSR count). The molecule has 0 atom stereocenters. The summed E-state index contributed by atoms with van der Waals surface area (Å²) >= 11 is 5.77. The molecule has 4 aromatic carbocycles. The number of aromatic amines is 1. The molecule has 2 N–H and O–H groups in total. The molecule has 0 saturated carbocycles. The molecule has 0 bridgehead atoms. The van der Waals surface area contributed by atoms with Gasteiger partial charge in [-0.25, -0.2) is 14.4 Å². The average Bonchev–Trinajstić information content (AvgIpc) is 3.26. The highest BCUT2D eigenvalue weighted by Gasteiger charge is 2.25. The Morgan fingerprint density at radius 2 is 1.43 bits per heavy atom. The predicted molar refractivity (Wildman–Crippen MR) is 189 cm³/mol. The molecule has 248 valence electrons. The lowest BCUT2D eigenvalue weighted by atomic mass is 9.83. The highest BCUT2D eigenvalue weighted by molar-refractivity contribution is 7.71. The number of benzene rings is 4. The van der Waals surface area contributed by atoms with Gasteiger partial charge in [-0.3, -0.25) is 9.55 Å². The fourth-order valence-corrected chi connectivity index (χ4v) is 6.30. The molecule has 9 nitrogen and oxygen atoms in total. The van der Waals surface area contributed by atoms with E-state index in [4.69, 9.17) is 26.4 Å². The standard InChI is InChI=1S/C39H34N2O7S/c1-3-46-30-18-28(37(42)43)19-31(20-30)48-23-25-15-24(16-29(17-25)38(44)47-4-2)21-41-22-34(36(49)40-39(41)45)35-32-11-7-5-9-26(32)13-14-27-10-6-8-12-33(27)35/h5-20,22,35H,3-4,21,23H2,1-2H3,(H,42,43)(H,40,45,49). The van der Waals surface area contributed by atoms with E-state index >= 15 is 0 Å². The van der Waals surface area contributed by atoms with Crippen molar-refractivity contribution < 1.29 is 28.9 Å². The normalized spacial score (nSPS) is 12.0. The maximum absolute atomic E-state index is 13.4. The molecule has 49 heavy (non-hydrogen) atoms. The van der Waals surface area contributed by atoms with Crippen LogP contribution >= 0.6 is 12.2 Å². The highest BCUT2D eigenvalue weighted by Crippen LogP contribution is 2.39. The third-order valence-electron chi connectivity index (χ3n) is 8.17. The Hall–Kier alpha value is -5.74. The van der Waals surface area contributed by atoms with Gasteiger partial charge in [0.15, 0.2) is 0 Å². The molecular weight excluding hydrogens is 641 g/mol. The second-order valence-electron chi connectivity index (χ2n) is 11.5. The predicted octanol–water partition coefficient (Wildman–Crippen LogP) is 7.47. The van der Waals surface area contributed by atoms with Gasteiger partial charge in [0.2, 0.25) is 0 Å². The second kappa shape index (κ2) is 14.6. The Labute approximate surface area is 288 Å². The van der Waals surface area contributed by atoms with E-state index in [1.807, 2.05) is 30.3 Å². The van der Waals surface area contributed by atoms with Crippen molar-refractivity contribution in [3.63, 3.8) is 0 Å². The summed E-state index contributed by atoms with van der Waals surface area (Å²) < 4.78 is 18.7. The monoisotopic (exact) mass is 674 g/mol. The molecular formula is C39H34N2O7S. The van der Waals surface area contributed by atoms with Crippen LogP contribution in [0.25, 0.3) is 12.2 Å². The SMILES string of the molecule is CCOC(=O)c1cc(COc2cc(OCC)cc(C(=O)O)c2)cc(Cn2cc(C3c4ccccc4C=Cc4ccccc43)c(=S)[nH]c2=O)c1. The number of esters is 1. The van der Waals surface area contributed by atoms with Gasteiger partial charge in [0, 0.05) is 23.7 Å². The fourth-order valence-electron chi connectivity index (χ4n) is 6.04. The Bertz CT molecular complexity index is 2150. The number of fused-ring (bicyclic) bond motifs is 2. The third-order valence-corrected chi connectivity index (χ3v) is 8.50. The molecule has 1 heterocycles. The molecule has 0 amide bonds. The molecule has 0 fully saturated rings. The molecule has 1 aliphatic rings. The first kappa shape index (κ1) is 33.2. The first-order valence-electron chi connectivity index (χ1n) is 15.9. The van der Waals surface area contributed by atoms with Gasteiger partial charge in [0.25, 0.3) is 0 Å². The number of hydrogen-bond donors (Lipinski definition) is 2. The molecule has 0 unspecified atom stereocenters. The van der Waals surface area contributed by atoms with Crippen LogP contribution in [-0.2, 0) is 17.9 Å². The maximum Gasteiger partial charge on any atom is 0.338 e. The number of nitrogens with one attached hydrogen (secondary N) is 1. The summed E-state index contributed by atoms with van der Waals surface area (Å²) in [6.07, 6.45) is 5.98. The van der Waals surface area contributed by atoms with E-state index in [0.717, 1.165) is 27.8 Å². The lowest BCUT2D eigenvalue weighted by Gasteiger charge is -2.22. The maximum atomic E-state index is 13.4. The highest BCUT2D eigenvalue weighted by atomic mass is 32.1. The summed E-state index contributed by atoms with van der Waals surface area (Å²) in [6.45, 7) is 4.20. The van der Waals surface area contributed by atoms with E-state index in [1.54, 1.807) is 42.8 Å². The van der Waals surface area contributed by atoms with Crippen LogP contribution in [0.1, 0.15) is 79.4 Å². The zero-order valence-corrected chi connectivity index (χ0v) is 27.8. The Morgan fingerprint density at radius 3 is 2.06 bits per heavy atom. The lowest BCUT2D eigenvalue weighted by Crippen LogP contribution is -2.25. The van der Waals surface area contributed by atoms with Crippen LogP contribution in [0.2, 0.25) is 0 Å². The van der Waals surface area contributed by atoms with Crippen molar-refractivity contribution >= 4 is 36.3 Å². The van der Waals surface area contributed by atoms with Gasteiger partial charge in [-0.05, 0) is 71.5 Å². The summed E-state index contributed by atoms with van der Waals surface area (Å²) in [5.41, 5.74) is 6.22. The summed E-state index contributed by atoms with van der Waals surface area (Å²) in [5.74, 6) is -1.21. The van der Waals surface area contributed by atoms with Gasteiger partial charge < -0.3 is 19.3 Å². The van der Waals surface area contributed by atoms with Gasteiger partial charge in [0.1, 0.15) is 22.7 Å². The number of carbonyl (C=O) groups excluding carboxylic acids is 1. The van der Waals surface area contributed by atoms with Crippen LogP contribution in [0.5, 0.6) is 11.5 Å². The number of aromatic carboxylic acids is 1. The van der Waals surface area contributed by atoms with E-state index in [0.29, 0.717) is 39.4 Å². The Kier molecular flexibility index (Phi) is 9.87. The first-order chi connectivity index (χ1) is 23.7. The topological polar surface area (TPSA) is 120 Å². The number of carboxylic acid groups (broad SMARTS) is 1. The zero-order valence-electron chi connectivity index (χ0n) is 27.0. The van der Waals surface area contributed by atoms with Crippen molar-refractivity contribution in [1.82, 2.24) is 9.55 Å². The van der Waals surface area contributed by atoms with E-state index in [9.17, 15) is 19.5 Å². The van der Waals surface area contributed by atoms with Gasteiger partial charge >= 0.3 is 17.6 Å². The molecule has 0 aliphatic heterocycles. The van der Waals surface area contributed by atoms with Crippen molar-refractivity contribution in [2.75, 3.05) is 13.2 Å². The second-order valence-corrected chi connectivity index (χ2v) is 11.9. The van der Waals surface area contributed by atoms with Crippen LogP contribution < -0.4 is 15.2 Å². The van der Waals surface area contributed by atoms with Gasteiger partial charge in [-0.2, -0.15) is 0 Å². The van der Waals surface area contributed by atoms with E-state index in [-0.39, 0.29) is 31.2 Å². The number of rotatable bonds is 11. The van der Waals surface area contributed by atoms with Crippen molar-refractivity contribution in [2.45, 2.75) is 32.9 Å². The Balaban J connectivity index is 1.38. The molecule has 0 radical (unpaired) electrons. The minimum Gasteiger partial charge on any atom is -0.494 e. The van der Waals surface area contributed by atoms with Gasteiger partial charge in [-0.15, -0.1) is 0 Å². The number of carbonyl (C=O) groups is 2. The lowest BCUT2D eigenvalue weighted by molar-refractivity contribution is 0.0525. The first-order valence-corrected chi connectivity index (χ1v) is 16.3. The largest absolute Gasteiger partial charge is 0.494 e. The summed E-state index contributed by atoms with van der Waals surface area (Å²) in [7, 11) is 0. The molecule has 5 aromatic rings. The number of carboxylic acids is 1. The summed E-state index contributed by atoms with van der Waals surface area (Å²) in [6, 6.07) is 25.9. The van der Waals surface area contributed by atoms with E-state index in [2.05, 4.69) is 41.4 Å². The van der Waals surface area contributed by atoms with Crippen LogP contribution in [0, 0.1) is 4.64 Å². The molecule has 0 spiro atoms. The van der Waals surface area contributed by atoms with E-state index < -0.39 is 17.6 Å². The van der Waals surface area contributed by atoms with Gasteiger partial charge in [-0.1, -0.05) is 79.0 Å². The van der Waals surface area contributed by atoms with Crippen molar-refractivity contribution in [1.29, 1.82) is 0 Å². The quantitative estimate of drug-likeness (QED) is 0.107. The number of H-pyrrole nitrogens is 1. The van der Waals surface area contributed by atoms with Crippen LogP contribution in [0.3, 0.4) is 0 Å². The summed E-state index contributed by atoms with van der Waals surface area (Å²) in [5, 5.41) is 9.56. The molecule has 0 saturated heterocycles. The third kappa shape index (κ3) is 7.39. The van der Waals surface area contributed by atoms with Crippen molar-refractivity contribution in [3.05, 3.63) is 156 Å². The summed E-state index contributed by atoms with van der Waals surface area (Å²) in [4.78, 5) is 40.9. The minimum absolute atomic E-state index is 0.00883. The van der Waals surface area contributed by atoms with Crippen LogP contribution in [0.15, 0.2) is 95.9 Å². The number of aromatic nitrogens is 2. The Morgan fingerprint density at radius 1 is 0.796 bits per heavy atom. The zero-order chi connectivity index (χ0) is 34.5. The average molecular weight is 675 g/mol.